The first-order valence-corrected chi connectivity index (χ1v) is 5.39. The van der Waals surface area contributed by atoms with Crippen molar-refractivity contribution in [3.8, 4) is 0 Å². The second kappa shape index (κ2) is 5.50. The summed E-state index contributed by atoms with van der Waals surface area (Å²) in [4.78, 5) is 22.0. The molecule has 0 spiro atoms. The number of carbonyl (C=O) groups is 2. The molecule has 0 fully saturated rings. The van der Waals surface area contributed by atoms with Gasteiger partial charge in [-0.15, -0.1) is 0 Å². The van der Waals surface area contributed by atoms with Crippen molar-refractivity contribution in [3.05, 3.63) is 12.3 Å². The molecule has 8 nitrogen and oxygen atoms in total. The molecule has 8 heteroatoms. The van der Waals surface area contributed by atoms with E-state index in [1.807, 2.05) is 6.92 Å². The van der Waals surface area contributed by atoms with Crippen molar-refractivity contribution in [2.24, 2.45) is 0 Å². The summed E-state index contributed by atoms with van der Waals surface area (Å²) in [6, 6.07) is 0.983. The van der Waals surface area contributed by atoms with Gasteiger partial charge < -0.3 is 15.5 Å². The van der Waals surface area contributed by atoms with Crippen LogP contribution in [-0.4, -0.2) is 44.1 Å². The predicted molar refractivity (Wildman–Crippen MR) is 63.2 cm³/mol. The zero-order valence-corrected chi connectivity index (χ0v) is 10.2. The maximum Gasteiger partial charge on any atom is 0.337 e. The smallest absolute Gasteiger partial charge is 0.337 e. The van der Waals surface area contributed by atoms with E-state index in [2.05, 4.69) is 15.7 Å². The number of nitrogens with one attached hydrogen (secondary N) is 2. The number of aromatic nitrogens is 2. The first kappa shape index (κ1) is 14.0. The lowest BCUT2D eigenvalue weighted by atomic mass is 10.1. The molecule has 100 valence electrons. The van der Waals surface area contributed by atoms with Crippen LogP contribution in [0, 0.1) is 0 Å². The van der Waals surface area contributed by atoms with Crippen LogP contribution in [0.4, 0.5) is 10.6 Å². The molecule has 0 saturated carbocycles. The third-order valence-corrected chi connectivity index (χ3v) is 2.26. The quantitative estimate of drug-likeness (QED) is 0.585. The van der Waals surface area contributed by atoms with Crippen LogP contribution >= 0.6 is 0 Å². The molecular weight excluding hydrogens is 240 g/mol. The molecule has 0 aliphatic heterocycles. The van der Waals surface area contributed by atoms with E-state index in [1.165, 1.54) is 0 Å². The van der Waals surface area contributed by atoms with Crippen LogP contribution in [0.15, 0.2) is 12.3 Å². The topological polar surface area (TPSA) is 116 Å². The second-order valence-corrected chi connectivity index (χ2v) is 3.94. The number of urea groups is 1. The SMILES string of the molecule is CCn1ccc(NC(=O)NCC(C)(O)C(=O)O)n1. The molecule has 0 saturated heterocycles. The number of carboxylic acid groups (broad SMARTS) is 1. The first-order valence-electron chi connectivity index (χ1n) is 5.39. The maximum absolute atomic E-state index is 11.4. The number of hydrogen-bond acceptors (Lipinski definition) is 4. The number of aliphatic carboxylic acids is 1. The predicted octanol–water partition coefficient (Wildman–Crippen LogP) is -0.140. The fourth-order valence-corrected chi connectivity index (χ4v) is 1.09. The van der Waals surface area contributed by atoms with E-state index < -0.39 is 24.1 Å². The van der Waals surface area contributed by atoms with Crippen molar-refractivity contribution in [1.82, 2.24) is 15.1 Å². The summed E-state index contributed by atoms with van der Waals surface area (Å²) in [7, 11) is 0. The van der Waals surface area contributed by atoms with Gasteiger partial charge in [0.05, 0.1) is 6.54 Å². The normalized spacial score (nSPS) is 13.7. The minimum Gasteiger partial charge on any atom is -0.479 e. The number of aryl methyl sites for hydroxylation is 1. The van der Waals surface area contributed by atoms with E-state index in [0.717, 1.165) is 6.92 Å². The maximum atomic E-state index is 11.4. The van der Waals surface area contributed by atoms with Gasteiger partial charge in [0.1, 0.15) is 0 Å². The standard InChI is InChI=1S/C10H16N4O4/c1-3-14-5-4-7(13-14)12-9(17)11-6-10(2,18)8(15)16/h4-5,18H,3,6H2,1-2H3,(H,15,16)(H2,11,12,13,17). The molecule has 0 aliphatic carbocycles. The lowest BCUT2D eigenvalue weighted by Gasteiger charge is -2.18. The average molecular weight is 256 g/mol. The van der Waals surface area contributed by atoms with Crippen molar-refractivity contribution in [3.63, 3.8) is 0 Å². The van der Waals surface area contributed by atoms with Crippen LogP contribution < -0.4 is 10.6 Å². The van der Waals surface area contributed by atoms with Crippen LogP contribution in [0.1, 0.15) is 13.8 Å². The Bertz CT molecular complexity index is 441. The van der Waals surface area contributed by atoms with Gasteiger partial charge >= 0.3 is 12.0 Å². The van der Waals surface area contributed by atoms with Crippen LogP contribution in [-0.2, 0) is 11.3 Å². The van der Waals surface area contributed by atoms with Gasteiger partial charge in [0.25, 0.3) is 0 Å². The molecule has 0 aromatic carbocycles. The molecule has 0 radical (unpaired) electrons. The summed E-state index contributed by atoms with van der Waals surface area (Å²) in [5.74, 6) is -1.05. The molecule has 2 amide bonds. The molecule has 18 heavy (non-hydrogen) atoms. The lowest BCUT2D eigenvalue weighted by Crippen LogP contribution is -2.47. The Morgan fingerprint density at radius 3 is 2.72 bits per heavy atom. The van der Waals surface area contributed by atoms with Crippen LogP contribution in [0.5, 0.6) is 0 Å². The number of hydrogen-bond donors (Lipinski definition) is 4. The number of amides is 2. The van der Waals surface area contributed by atoms with Gasteiger partial charge in [-0.2, -0.15) is 5.10 Å². The molecule has 1 rings (SSSR count). The fourth-order valence-electron chi connectivity index (χ4n) is 1.09. The molecule has 1 unspecified atom stereocenters. The highest BCUT2D eigenvalue weighted by Crippen LogP contribution is 2.03. The Balaban J connectivity index is 2.45. The minimum absolute atomic E-state index is 0.351. The minimum atomic E-state index is -2.00. The van der Waals surface area contributed by atoms with Crippen molar-refractivity contribution in [2.75, 3.05) is 11.9 Å². The van der Waals surface area contributed by atoms with E-state index in [4.69, 9.17) is 5.11 Å². The molecule has 1 aromatic heterocycles. The molecular formula is C10H16N4O4. The Morgan fingerprint density at radius 2 is 2.22 bits per heavy atom. The third-order valence-electron chi connectivity index (χ3n) is 2.26. The number of anilines is 1. The third kappa shape index (κ3) is 3.74. The Kier molecular flexibility index (Phi) is 4.27. The Morgan fingerprint density at radius 1 is 1.56 bits per heavy atom. The van der Waals surface area contributed by atoms with Gasteiger partial charge in [0.15, 0.2) is 11.4 Å². The summed E-state index contributed by atoms with van der Waals surface area (Å²) in [6.07, 6.45) is 1.70. The largest absolute Gasteiger partial charge is 0.479 e. The van der Waals surface area contributed by atoms with Crippen molar-refractivity contribution >= 4 is 17.8 Å². The number of nitrogens with zero attached hydrogens (tertiary/aromatic N) is 2. The van der Waals surface area contributed by atoms with Crippen LogP contribution in [0.25, 0.3) is 0 Å². The highest BCUT2D eigenvalue weighted by Gasteiger charge is 2.30. The van der Waals surface area contributed by atoms with Crippen LogP contribution in [0.2, 0.25) is 0 Å². The number of carboxylic acids is 1. The molecule has 0 aliphatic rings. The zero-order valence-electron chi connectivity index (χ0n) is 10.2. The van der Waals surface area contributed by atoms with E-state index in [9.17, 15) is 14.7 Å². The summed E-state index contributed by atoms with van der Waals surface area (Å²) in [5, 5.41) is 26.7. The van der Waals surface area contributed by atoms with Gasteiger partial charge in [0.2, 0.25) is 0 Å². The second-order valence-electron chi connectivity index (χ2n) is 3.94. The number of carbonyl (C=O) groups excluding carboxylic acids is 1. The van der Waals surface area contributed by atoms with Crippen molar-refractivity contribution < 1.29 is 19.8 Å². The number of rotatable bonds is 5. The number of aliphatic hydroxyl groups is 1. The van der Waals surface area contributed by atoms with Crippen molar-refractivity contribution in [1.29, 1.82) is 0 Å². The summed E-state index contributed by atoms with van der Waals surface area (Å²) in [6.45, 7) is 3.28. The molecule has 1 heterocycles. The van der Waals surface area contributed by atoms with Gasteiger partial charge in [0, 0.05) is 18.8 Å². The van der Waals surface area contributed by atoms with E-state index in [-0.39, 0.29) is 0 Å². The van der Waals surface area contributed by atoms with Gasteiger partial charge in [-0.3, -0.25) is 10.00 Å². The average Bonchev–Trinajstić information content (AvgIpc) is 2.74. The highest BCUT2D eigenvalue weighted by atomic mass is 16.4. The summed E-state index contributed by atoms with van der Waals surface area (Å²) < 4.78 is 1.63. The lowest BCUT2D eigenvalue weighted by molar-refractivity contribution is -0.155. The zero-order chi connectivity index (χ0) is 13.8. The van der Waals surface area contributed by atoms with E-state index in [0.29, 0.717) is 12.4 Å². The molecule has 1 atom stereocenters. The monoisotopic (exact) mass is 256 g/mol. The van der Waals surface area contributed by atoms with Crippen molar-refractivity contribution in [2.45, 2.75) is 26.0 Å². The summed E-state index contributed by atoms with van der Waals surface area (Å²) in [5.41, 5.74) is -2.00. The summed E-state index contributed by atoms with van der Waals surface area (Å²) >= 11 is 0. The van der Waals surface area contributed by atoms with Gasteiger partial charge in [-0.25, -0.2) is 9.59 Å². The van der Waals surface area contributed by atoms with Gasteiger partial charge in [-0.05, 0) is 13.8 Å². The Hall–Kier alpha value is -2.09. The molecule has 0 bridgehead atoms. The first-order chi connectivity index (χ1) is 8.35. The fraction of sp³-hybridized carbons (Fsp3) is 0.500. The van der Waals surface area contributed by atoms with Crippen LogP contribution in [0.3, 0.4) is 0 Å². The van der Waals surface area contributed by atoms with E-state index >= 15 is 0 Å². The van der Waals surface area contributed by atoms with E-state index in [1.54, 1.807) is 16.9 Å². The highest BCUT2D eigenvalue weighted by molar-refractivity contribution is 5.88. The molecule has 1 aromatic rings. The van der Waals surface area contributed by atoms with Gasteiger partial charge in [-0.1, -0.05) is 0 Å². The Labute approximate surface area is 104 Å². The molecule has 4 N–H and O–H groups in total.